The molecule has 0 aromatic heterocycles. The van der Waals surface area contributed by atoms with Crippen molar-refractivity contribution < 1.29 is 9.59 Å². The Bertz CT molecular complexity index is 332. The zero-order chi connectivity index (χ0) is 18.2. The molecule has 0 bridgehead atoms. The number of hydrogen-bond donors (Lipinski definition) is 2. The largest absolute Gasteiger partial charge is 0.320 e. The average molecular weight is 341 g/mol. The normalized spacial score (nSPS) is 13.5. The molecule has 0 fully saturated rings. The second-order valence-electron chi connectivity index (χ2n) is 7.11. The lowest BCUT2D eigenvalue weighted by atomic mass is 9.99. The van der Waals surface area contributed by atoms with Gasteiger partial charge in [-0.3, -0.25) is 14.9 Å². The monoisotopic (exact) mass is 340 g/mol. The highest BCUT2D eigenvalue weighted by Crippen LogP contribution is 2.12. The van der Waals surface area contributed by atoms with Crippen LogP contribution in [-0.4, -0.2) is 17.9 Å². The third-order valence-electron chi connectivity index (χ3n) is 4.83. The lowest BCUT2D eigenvalue weighted by molar-refractivity contribution is -0.131. The summed E-state index contributed by atoms with van der Waals surface area (Å²) in [6.07, 6.45) is 15.1. The number of carbonyl (C=O) groups is 2. The van der Waals surface area contributed by atoms with Crippen LogP contribution in [0, 0.1) is 5.92 Å². The number of hydrogen-bond acceptors (Lipinski definition) is 3. The van der Waals surface area contributed by atoms with Gasteiger partial charge in [-0.05, 0) is 12.3 Å². The van der Waals surface area contributed by atoms with Crippen LogP contribution in [-0.2, 0) is 9.59 Å². The van der Waals surface area contributed by atoms with Crippen LogP contribution in [0.1, 0.15) is 104 Å². The highest BCUT2D eigenvalue weighted by molar-refractivity contribution is 5.97. The van der Waals surface area contributed by atoms with Gasteiger partial charge in [0, 0.05) is 6.42 Å². The van der Waals surface area contributed by atoms with Crippen molar-refractivity contribution in [1.82, 2.24) is 5.32 Å². The maximum Gasteiger partial charge on any atom is 0.243 e. The van der Waals surface area contributed by atoms with Gasteiger partial charge in [-0.2, -0.15) is 0 Å². The molecule has 0 saturated heterocycles. The smallest absolute Gasteiger partial charge is 0.243 e. The van der Waals surface area contributed by atoms with E-state index in [0.717, 1.165) is 19.3 Å². The van der Waals surface area contributed by atoms with Crippen LogP contribution in [0.2, 0.25) is 0 Å². The Balaban J connectivity index is 3.48. The first kappa shape index (κ1) is 23.1. The molecule has 0 aliphatic carbocycles. The van der Waals surface area contributed by atoms with E-state index in [1.165, 1.54) is 57.8 Å². The van der Waals surface area contributed by atoms with E-state index in [9.17, 15) is 9.59 Å². The Kier molecular flexibility index (Phi) is 15.0. The predicted octanol–water partition coefficient (Wildman–Crippen LogP) is 4.70. The Labute approximate surface area is 149 Å². The van der Waals surface area contributed by atoms with Crippen LogP contribution in [0.15, 0.2) is 0 Å². The van der Waals surface area contributed by atoms with Gasteiger partial charge < -0.3 is 5.73 Å². The van der Waals surface area contributed by atoms with Crippen molar-refractivity contribution >= 4 is 11.8 Å². The summed E-state index contributed by atoms with van der Waals surface area (Å²) >= 11 is 0. The Morgan fingerprint density at radius 3 is 1.75 bits per heavy atom. The third-order valence-corrected chi connectivity index (χ3v) is 4.83. The minimum atomic E-state index is -0.587. The fourth-order valence-electron chi connectivity index (χ4n) is 2.75. The average Bonchev–Trinajstić information content (AvgIpc) is 2.58. The van der Waals surface area contributed by atoms with Gasteiger partial charge in [-0.15, -0.1) is 0 Å². The Hall–Kier alpha value is -0.900. The standard InChI is InChI=1S/C20H40N2O2/c1-4-6-7-8-9-10-11-12-13-14-15-16-18(23)22-20(24)19(21)17(3)5-2/h17,19H,4-16,21H2,1-3H3,(H,22,23,24)/t17-,19-/m0/s1. The van der Waals surface area contributed by atoms with E-state index in [1.807, 2.05) is 13.8 Å². The van der Waals surface area contributed by atoms with Gasteiger partial charge in [0.25, 0.3) is 0 Å². The van der Waals surface area contributed by atoms with Crippen molar-refractivity contribution in [2.24, 2.45) is 11.7 Å². The van der Waals surface area contributed by atoms with Gasteiger partial charge in [-0.1, -0.05) is 91.4 Å². The number of nitrogens with two attached hydrogens (primary N) is 1. The fraction of sp³-hybridized carbons (Fsp3) is 0.900. The fourth-order valence-corrected chi connectivity index (χ4v) is 2.75. The van der Waals surface area contributed by atoms with Gasteiger partial charge in [0.15, 0.2) is 0 Å². The van der Waals surface area contributed by atoms with Crippen LogP contribution in [0.3, 0.4) is 0 Å². The summed E-state index contributed by atoms with van der Waals surface area (Å²) in [6, 6.07) is -0.587. The number of carbonyl (C=O) groups excluding carboxylic acids is 2. The summed E-state index contributed by atoms with van der Waals surface area (Å²) in [5.41, 5.74) is 5.82. The minimum absolute atomic E-state index is 0.0970. The van der Waals surface area contributed by atoms with Crippen molar-refractivity contribution in [3.05, 3.63) is 0 Å². The molecule has 0 aromatic carbocycles. The summed E-state index contributed by atoms with van der Waals surface area (Å²) in [6.45, 7) is 6.17. The van der Waals surface area contributed by atoms with Crippen molar-refractivity contribution in [2.45, 2.75) is 110 Å². The molecule has 142 valence electrons. The second kappa shape index (κ2) is 15.6. The van der Waals surface area contributed by atoms with Crippen LogP contribution in [0.5, 0.6) is 0 Å². The van der Waals surface area contributed by atoms with Crippen molar-refractivity contribution in [3.63, 3.8) is 0 Å². The van der Waals surface area contributed by atoms with E-state index in [2.05, 4.69) is 12.2 Å². The summed E-state index contributed by atoms with van der Waals surface area (Å²) in [5, 5.41) is 2.43. The highest BCUT2D eigenvalue weighted by atomic mass is 16.2. The molecule has 0 aliphatic heterocycles. The van der Waals surface area contributed by atoms with Gasteiger partial charge in [-0.25, -0.2) is 0 Å². The molecule has 3 N–H and O–H groups in total. The van der Waals surface area contributed by atoms with Crippen LogP contribution in [0.4, 0.5) is 0 Å². The number of imide groups is 1. The van der Waals surface area contributed by atoms with E-state index >= 15 is 0 Å². The van der Waals surface area contributed by atoms with Crippen molar-refractivity contribution in [2.75, 3.05) is 0 Å². The number of amides is 2. The molecule has 0 unspecified atom stereocenters. The predicted molar refractivity (Wildman–Crippen MR) is 102 cm³/mol. The summed E-state index contributed by atoms with van der Waals surface area (Å²) in [4.78, 5) is 23.5. The lowest BCUT2D eigenvalue weighted by Crippen LogP contribution is -2.46. The zero-order valence-corrected chi connectivity index (χ0v) is 16.2. The number of nitrogens with one attached hydrogen (secondary N) is 1. The summed E-state index contributed by atoms with van der Waals surface area (Å²) < 4.78 is 0. The molecule has 0 rings (SSSR count). The Morgan fingerprint density at radius 1 is 0.833 bits per heavy atom. The third kappa shape index (κ3) is 12.5. The van der Waals surface area contributed by atoms with E-state index in [4.69, 9.17) is 5.73 Å². The Morgan fingerprint density at radius 2 is 1.29 bits per heavy atom. The maximum absolute atomic E-state index is 11.8. The minimum Gasteiger partial charge on any atom is -0.320 e. The molecular weight excluding hydrogens is 300 g/mol. The number of rotatable bonds is 15. The zero-order valence-electron chi connectivity index (χ0n) is 16.2. The van der Waals surface area contributed by atoms with Crippen molar-refractivity contribution in [1.29, 1.82) is 0 Å². The molecule has 4 heteroatoms. The molecule has 4 nitrogen and oxygen atoms in total. The topological polar surface area (TPSA) is 72.2 Å². The first-order valence-electron chi connectivity index (χ1n) is 10.1. The SMILES string of the molecule is CCCCCCCCCCCCCC(=O)NC(=O)[C@@H](N)[C@@H](C)CC. The number of unbranched alkanes of at least 4 members (excludes halogenated alkanes) is 10. The van der Waals surface area contributed by atoms with Crippen LogP contribution >= 0.6 is 0 Å². The molecule has 0 aliphatic rings. The molecule has 2 atom stereocenters. The van der Waals surface area contributed by atoms with Gasteiger partial charge in [0.05, 0.1) is 6.04 Å². The molecule has 0 spiro atoms. The lowest BCUT2D eigenvalue weighted by Gasteiger charge is -2.16. The molecule has 2 amide bonds. The second-order valence-corrected chi connectivity index (χ2v) is 7.11. The van der Waals surface area contributed by atoms with E-state index in [1.54, 1.807) is 0 Å². The highest BCUT2D eigenvalue weighted by Gasteiger charge is 2.20. The first-order chi connectivity index (χ1) is 11.5. The molecule has 0 radical (unpaired) electrons. The molecule has 24 heavy (non-hydrogen) atoms. The van der Waals surface area contributed by atoms with E-state index in [0.29, 0.717) is 6.42 Å². The van der Waals surface area contributed by atoms with Crippen LogP contribution in [0.25, 0.3) is 0 Å². The molecule has 0 aromatic rings. The van der Waals surface area contributed by atoms with Gasteiger partial charge in [0.2, 0.25) is 11.8 Å². The van der Waals surface area contributed by atoms with E-state index < -0.39 is 6.04 Å². The van der Waals surface area contributed by atoms with Crippen LogP contribution < -0.4 is 11.1 Å². The summed E-state index contributed by atoms with van der Waals surface area (Å²) in [5.74, 6) is -0.424. The molecular formula is C20H40N2O2. The molecule has 0 saturated carbocycles. The van der Waals surface area contributed by atoms with Crippen molar-refractivity contribution in [3.8, 4) is 0 Å². The quantitative estimate of drug-likeness (QED) is 0.424. The van der Waals surface area contributed by atoms with E-state index in [-0.39, 0.29) is 17.7 Å². The molecule has 0 heterocycles. The first-order valence-corrected chi connectivity index (χ1v) is 10.1. The van der Waals surface area contributed by atoms with Gasteiger partial charge >= 0.3 is 0 Å². The maximum atomic E-state index is 11.8. The summed E-state index contributed by atoms with van der Waals surface area (Å²) in [7, 11) is 0. The van der Waals surface area contributed by atoms with Gasteiger partial charge in [0.1, 0.15) is 0 Å².